The lowest BCUT2D eigenvalue weighted by Crippen LogP contribution is -2.32. The lowest BCUT2D eigenvalue weighted by molar-refractivity contribution is -0.121. The van der Waals surface area contributed by atoms with Crippen molar-refractivity contribution in [2.75, 3.05) is 6.54 Å². The molecule has 2 aromatic carbocycles. The summed E-state index contributed by atoms with van der Waals surface area (Å²) < 4.78 is 52.3. The maximum atomic E-state index is 13.2. The van der Waals surface area contributed by atoms with E-state index in [4.69, 9.17) is 11.6 Å². The van der Waals surface area contributed by atoms with Gasteiger partial charge in [0.2, 0.25) is 15.9 Å². The fourth-order valence-corrected chi connectivity index (χ4v) is 3.40. The van der Waals surface area contributed by atoms with Gasteiger partial charge in [-0.1, -0.05) is 17.7 Å². The van der Waals surface area contributed by atoms with Crippen LogP contribution in [-0.4, -0.2) is 20.9 Å². The van der Waals surface area contributed by atoms with E-state index >= 15 is 0 Å². The summed E-state index contributed by atoms with van der Waals surface area (Å²) >= 11 is 5.71. The Kier molecular flexibility index (Phi) is 6.69. The van der Waals surface area contributed by atoms with Crippen LogP contribution in [0.5, 0.6) is 0 Å². The maximum absolute atomic E-state index is 13.2. The second kappa shape index (κ2) is 8.57. The number of amides is 1. The zero-order valence-electron chi connectivity index (χ0n) is 13.8. The number of rotatable bonds is 7. The normalized spacial score (nSPS) is 12.6. The Morgan fingerprint density at radius 1 is 1.15 bits per heavy atom. The second-order valence-corrected chi connectivity index (χ2v) is 7.74. The molecular weight excluding hydrogens is 386 g/mol. The SMILES string of the molecule is CC(NC(=O)CCNS(=O)(=O)c1ccc(F)cc1)c1ccc(F)c(Cl)c1. The fourth-order valence-electron chi connectivity index (χ4n) is 2.17. The van der Waals surface area contributed by atoms with Crippen LogP contribution in [0.1, 0.15) is 24.9 Å². The predicted octanol–water partition coefficient (Wildman–Crippen LogP) is 3.16. The van der Waals surface area contributed by atoms with Gasteiger partial charge in [-0.25, -0.2) is 21.9 Å². The van der Waals surface area contributed by atoms with Gasteiger partial charge in [0.25, 0.3) is 0 Å². The molecule has 0 radical (unpaired) electrons. The summed E-state index contributed by atoms with van der Waals surface area (Å²) in [6, 6.07) is 8.05. The molecule has 2 aromatic rings. The van der Waals surface area contributed by atoms with Crippen LogP contribution in [0.25, 0.3) is 0 Å². The number of sulfonamides is 1. The molecular formula is C17H17ClF2N2O3S. The summed E-state index contributed by atoms with van der Waals surface area (Å²) in [6.45, 7) is 1.58. The maximum Gasteiger partial charge on any atom is 0.240 e. The molecule has 0 aromatic heterocycles. The molecule has 1 unspecified atom stereocenters. The molecule has 0 fully saturated rings. The Labute approximate surface area is 155 Å². The Morgan fingerprint density at radius 2 is 1.81 bits per heavy atom. The van der Waals surface area contributed by atoms with E-state index < -0.39 is 27.7 Å². The Morgan fingerprint density at radius 3 is 2.42 bits per heavy atom. The third-order valence-electron chi connectivity index (χ3n) is 3.59. The molecule has 1 amide bonds. The van der Waals surface area contributed by atoms with Gasteiger partial charge in [0.1, 0.15) is 11.6 Å². The molecule has 0 aliphatic carbocycles. The summed E-state index contributed by atoms with van der Waals surface area (Å²) in [5.74, 6) is -1.48. The van der Waals surface area contributed by atoms with Crippen LogP contribution in [0.2, 0.25) is 5.02 Å². The Hall–Kier alpha value is -2.03. The van der Waals surface area contributed by atoms with Crippen LogP contribution >= 0.6 is 11.6 Å². The topological polar surface area (TPSA) is 75.3 Å². The number of carbonyl (C=O) groups excluding carboxylic acids is 1. The van der Waals surface area contributed by atoms with Gasteiger partial charge < -0.3 is 5.32 Å². The molecule has 2 rings (SSSR count). The summed E-state index contributed by atoms with van der Waals surface area (Å²) in [5, 5.41) is 2.63. The van der Waals surface area contributed by atoms with Gasteiger partial charge in [0.15, 0.2) is 0 Å². The van der Waals surface area contributed by atoms with E-state index in [0.29, 0.717) is 5.56 Å². The van der Waals surface area contributed by atoms with E-state index in [9.17, 15) is 22.0 Å². The van der Waals surface area contributed by atoms with E-state index in [1.807, 2.05) is 0 Å². The highest BCUT2D eigenvalue weighted by Crippen LogP contribution is 2.20. The number of halogens is 3. The lowest BCUT2D eigenvalue weighted by atomic mass is 10.1. The lowest BCUT2D eigenvalue weighted by Gasteiger charge is -2.15. The van der Waals surface area contributed by atoms with Crippen molar-refractivity contribution >= 4 is 27.5 Å². The first-order chi connectivity index (χ1) is 12.2. The number of hydrogen-bond donors (Lipinski definition) is 2. The minimum absolute atomic E-state index is 0.0457. The monoisotopic (exact) mass is 402 g/mol. The number of carbonyl (C=O) groups is 1. The van der Waals surface area contributed by atoms with Gasteiger partial charge in [-0.15, -0.1) is 0 Å². The average molecular weight is 403 g/mol. The molecule has 9 heteroatoms. The molecule has 0 saturated heterocycles. The molecule has 26 heavy (non-hydrogen) atoms. The zero-order chi connectivity index (χ0) is 19.3. The number of benzene rings is 2. The van der Waals surface area contributed by atoms with Gasteiger partial charge >= 0.3 is 0 Å². The van der Waals surface area contributed by atoms with Crippen LogP contribution in [0.4, 0.5) is 8.78 Å². The molecule has 0 aliphatic rings. The van der Waals surface area contributed by atoms with Crippen molar-refractivity contribution < 1.29 is 22.0 Å². The summed E-state index contributed by atoms with van der Waals surface area (Å²) in [5.41, 5.74) is 0.622. The highest BCUT2D eigenvalue weighted by atomic mass is 35.5. The smallest absolute Gasteiger partial charge is 0.240 e. The average Bonchev–Trinajstić information content (AvgIpc) is 2.57. The van der Waals surface area contributed by atoms with Crippen molar-refractivity contribution in [3.05, 3.63) is 64.7 Å². The van der Waals surface area contributed by atoms with Crippen molar-refractivity contribution in [3.8, 4) is 0 Å². The summed E-state index contributed by atoms with van der Waals surface area (Å²) in [7, 11) is -3.82. The standard InChI is InChI=1S/C17H17ClF2N2O3S/c1-11(12-2-7-16(20)15(18)10-12)22-17(23)8-9-21-26(24,25)14-5-3-13(19)4-6-14/h2-7,10-11,21H,8-9H2,1H3,(H,22,23). The number of nitrogens with one attached hydrogen (secondary N) is 2. The molecule has 0 saturated carbocycles. The van der Waals surface area contributed by atoms with Crippen LogP contribution in [0.3, 0.4) is 0 Å². The van der Waals surface area contributed by atoms with Gasteiger partial charge in [0.05, 0.1) is 16.0 Å². The van der Waals surface area contributed by atoms with E-state index in [2.05, 4.69) is 10.0 Å². The Balaban J connectivity index is 1.86. The molecule has 0 spiro atoms. The third-order valence-corrected chi connectivity index (χ3v) is 5.36. The molecule has 0 aliphatic heterocycles. The summed E-state index contributed by atoms with van der Waals surface area (Å²) in [6.07, 6.45) is -0.0975. The first-order valence-electron chi connectivity index (χ1n) is 7.68. The van der Waals surface area contributed by atoms with Gasteiger partial charge in [-0.2, -0.15) is 0 Å². The van der Waals surface area contributed by atoms with Crippen LogP contribution in [0.15, 0.2) is 47.4 Å². The first-order valence-corrected chi connectivity index (χ1v) is 9.54. The van der Waals surface area contributed by atoms with Gasteiger partial charge in [-0.3, -0.25) is 4.79 Å². The van der Waals surface area contributed by atoms with Gasteiger partial charge in [0, 0.05) is 13.0 Å². The molecule has 0 heterocycles. The van der Waals surface area contributed by atoms with Crippen LogP contribution in [0, 0.1) is 11.6 Å². The molecule has 0 bridgehead atoms. The Bertz CT molecular complexity index is 889. The van der Waals surface area contributed by atoms with Crippen molar-refractivity contribution in [3.63, 3.8) is 0 Å². The van der Waals surface area contributed by atoms with E-state index in [1.165, 1.54) is 18.2 Å². The first kappa shape index (κ1) is 20.3. The predicted molar refractivity (Wildman–Crippen MR) is 94.2 cm³/mol. The van der Waals surface area contributed by atoms with E-state index in [1.54, 1.807) is 6.92 Å². The largest absolute Gasteiger partial charge is 0.350 e. The van der Waals surface area contributed by atoms with Gasteiger partial charge in [-0.05, 0) is 48.9 Å². The minimum atomic E-state index is -3.82. The number of hydrogen-bond acceptors (Lipinski definition) is 3. The highest BCUT2D eigenvalue weighted by Gasteiger charge is 2.15. The molecule has 140 valence electrons. The second-order valence-electron chi connectivity index (χ2n) is 5.56. The molecule has 2 N–H and O–H groups in total. The van der Waals surface area contributed by atoms with Crippen molar-refractivity contribution in [2.45, 2.75) is 24.3 Å². The quantitative estimate of drug-likeness (QED) is 0.747. The molecule has 1 atom stereocenters. The summed E-state index contributed by atoms with van der Waals surface area (Å²) in [4.78, 5) is 11.9. The van der Waals surface area contributed by atoms with E-state index in [0.717, 1.165) is 24.3 Å². The van der Waals surface area contributed by atoms with E-state index in [-0.39, 0.29) is 28.8 Å². The fraction of sp³-hybridized carbons (Fsp3) is 0.235. The van der Waals surface area contributed by atoms with Crippen molar-refractivity contribution in [1.82, 2.24) is 10.0 Å². The highest BCUT2D eigenvalue weighted by molar-refractivity contribution is 7.89. The van der Waals surface area contributed by atoms with Crippen LogP contribution in [-0.2, 0) is 14.8 Å². The molecule has 5 nitrogen and oxygen atoms in total. The van der Waals surface area contributed by atoms with Crippen molar-refractivity contribution in [2.24, 2.45) is 0 Å². The zero-order valence-corrected chi connectivity index (χ0v) is 15.4. The third kappa shape index (κ3) is 5.48. The van der Waals surface area contributed by atoms with Crippen LogP contribution < -0.4 is 10.0 Å². The van der Waals surface area contributed by atoms with Crippen molar-refractivity contribution in [1.29, 1.82) is 0 Å². The minimum Gasteiger partial charge on any atom is -0.350 e.